The molecule has 1 atom stereocenters. The summed E-state index contributed by atoms with van der Waals surface area (Å²) in [5.41, 5.74) is 1.69. The van der Waals surface area contributed by atoms with Crippen LogP contribution >= 0.6 is 11.3 Å². The Bertz CT molecular complexity index is 1330. The van der Waals surface area contributed by atoms with E-state index in [0.717, 1.165) is 0 Å². The van der Waals surface area contributed by atoms with Gasteiger partial charge in [0.05, 0.1) is 47.0 Å². The Morgan fingerprint density at radius 3 is 2.32 bits per heavy atom. The van der Waals surface area contributed by atoms with E-state index in [4.69, 9.17) is 9.47 Å². The van der Waals surface area contributed by atoms with Crippen molar-refractivity contribution in [2.45, 2.75) is 19.9 Å². The lowest BCUT2D eigenvalue weighted by Gasteiger charge is -2.28. The number of carbonyl (C=O) groups is 3. The first-order chi connectivity index (χ1) is 16.3. The van der Waals surface area contributed by atoms with E-state index in [0.29, 0.717) is 38.1 Å². The molecule has 1 amide bonds. The maximum Gasteiger partial charge on any atom is 0.337 e. The second kappa shape index (κ2) is 9.11. The van der Waals surface area contributed by atoms with Gasteiger partial charge < -0.3 is 14.6 Å². The molecule has 174 valence electrons. The largest absolute Gasteiger partial charge is 0.503 e. The molecular weight excluding hydrogens is 456 g/mol. The SMILES string of the molecule is COC(=O)c1ccc(N2C(=O)C(O)=C(C(=O)c3sc(C)nc3C)C2c2ccccc2OC)cc1. The number of carbonyl (C=O) groups excluding carboxylic acids is 3. The van der Waals surface area contributed by atoms with Crippen LogP contribution < -0.4 is 9.64 Å². The highest BCUT2D eigenvalue weighted by Crippen LogP contribution is 2.45. The number of hydrogen-bond acceptors (Lipinski definition) is 8. The number of esters is 1. The molecular formula is C25H22N2O6S. The third-order valence-electron chi connectivity index (χ3n) is 5.56. The maximum atomic E-state index is 13.7. The molecule has 0 radical (unpaired) electrons. The van der Waals surface area contributed by atoms with Gasteiger partial charge in [-0.2, -0.15) is 0 Å². The van der Waals surface area contributed by atoms with Crippen LogP contribution in [-0.2, 0) is 9.53 Å². The number of aryl methyl sites for hydroxylation is 2. The lowest BCUT2D eigenvalue weighted by molar-refractivity contribution is -0.117. The average Bonchev–Trinajstić information content (AvgIpc) is 3.33. The third-order valence-corrected chi connectivity index (χ3v) is 6.63. The summed E-state index contributed by atoms with van der Waals surface area (Å²) in [6.45, 7) is 3.50. The summed E-state index contributed by atoms with van der Waals surface area (Å²) in [6.07, 6.45) is 0. The quantitative estimate of drug-likeness (QED) is 0.415. The Balaban J connectivity index is 1.89. The van der Waals surface area contributed by atoms with E-state index >= 15 is 0 Å². The highest BCUT2D eigenvalue weighted by Gasteiger charge is 2.46. The number of rotatable bonds is 6. The molecule has 1 aromatic heterocycles. The fourth-order valence-corrected chi connectivity index (χ4v) is 4.90. The van der Waals surface area contributed by atoms with E-state index in [1.54, 1.807) is 50.2 Å². The average molecular weight is 479 g/mol. The summed E-state index contributed by atoms with van der Waals surface area (Å²) in [4.78, 5) is 44.8. The number of ketones is 1. The number of thiazole rings is 1. The van der Waals surface area contributed by atoms with Crippen LogP contribution in [0.2, 0.25) is 0 Å². The molecule has 2 aromatic carbocycles. The standard InChI is InChI=1S/C25H22N2O6S/c1-13-23(34-14(2)26-13)21(28)19-20(17-7-5-6-8-18(17)32-3)27(24(30)22(19)29)16-11-9-15(10-12-16)25(31)33-4/h5-12,20,29H,1-4H3. The van der Waals surface area contributed by atoms with Gasteiger partial charge in [-0.05, 0) is 44.2 Å². The molecule has 0 bridgehead atoms. The van der Waals surface area contributed by atoms with Crippen molar-refractivity contribution in [3.63, 3.8) is 0 Å². The minimum Gasteiger partial charge on any atom is -0.503 e. The molecule has 1 aliphatic rings. The fraction of sp³-hybridized carbons (Fsp3) is 0.200. The molecule has 3 aromatic rings. The molecule has 1 N–H and O–H groups in total. The Kier molecular flexibility index (Phi) is 6.21. The van der Waals surface area contributed by atoms with E-state index in [9.17, 15) is 19.5 Å². The summed E-state index contributed by atoms with van der Waals surface area (Å²) >= 11 is 1.21. The van der Waals surface area contributed by atoms with E-state index in [1.807, 2.05) is 0 Å². The number of methoxy groups -OCH3 is 2. The van der Waals surface area contributed by atoms with E-state index in [-0.39, 0.29) is 5.57 Å². The van der Waals surface area contributed by atoms with Crippen molar-refractivity contribution in [1.82, 2.24) is 4.98 Å². The minimum absolute atomic E-state index is 0.0571. The van der Waals surface area contributed by atoms with Gasteiger partial charge in [0.1, 0.15) is 5.75 Å². The number of para-hydroxylation sites is 1. The van der Waals surface area contributed by atoms with Crippen LogP contribution in [0.4, 0.5) is 5.69 Å². The predicted octanol–water partition coefficient (Wildman–Crippen LogP) is 4.34. The molecule has 9 heteroatoms. The Labute approximate surface area is 200 Å². The van der Waals surface area contributed by atoms with Crippen LogP contribution in [0.25, 0.3) is 0 Å². The zero-order chi connectivity index (χ0) is 24.6. The molecule has 2 heterocycles. The summed E-state index contributed by atoms with van der Waals surface area (Å²) in [7, 11) is 2.77. The second-order valence-corrected chi connectivity index (χ2v) is 8.80. The molecule has 0 aliphatic carbocycles. The van der Waals surface area contributed by atoms with Gasteiger partial charge in [0.2, 0.25) is 5.78 Å². The van der Waals surface area contributed by atoms with Crippen molar-refractivity contribution in [2.24, 2.45) is 0 Å². The summed E-state index contributed by atoms with van der Waals surface area (Å²) in [5, 5.41) is 11.6. The van der Waals surface area contributed by atoms with Gasteiger partial charge in [0.25, 0.3) is 5.91 Å². The Morgan fingerprint density at radius 1 is 1.06 bits per heavy atom. The number of aromatic nitrogens is 1. The van der Waals surface area contributed by atoms with Gasteiger partial charge in [0, 0.05) is 11.3 Å². The predicted molar refractivity (Wildman–Crippen MR) is 127 cm³/mol. The van der Waals surface area contributed by atoms with Crippen molar-refractivity contribution in [3.8, 4) is 5.75 Å². The summed E-state index contributed by atoms with van der Waals surface area (Å²) in [6, 6.07) is 12.2. The van der Waals surface area contributed by atoms with Gasteiger partial charge in [0.15, 0.2) is 5.76 Å². The van der Waals surface area contributed by atoms with Crippen molar-refractivity contribution in [3.05, 3.63) is 86.6 Å². The smallest absolute Gasteiger partial charge is 0.337 e. The van der Waals surface area contributed by atoms with Crippen molar-refractivity contribution >= 4 is 34.7 Å². The van der Waals surface area contributed by atoms with Gasteiger partial charge in [-0.25, -0.2) is 9.78 Å². The minimum atomic E-state index is -0.957. The zero-order valence-electron chi connectivity index (χ0n) is 19.0. The number of anilines is 1. The van der Waals surface area contributed by atoms with Crippen molar-refractivity contribution in [2.75, 3.05) is 19.1 Å². The van der Waals surface area contributed by atoms with Crippen LogP contribution in [0, 0.1) is 13.8 Å². The van der Waals surface area contributed by atoms with Gasteiger partial charge >= 0.3 is 5.97 Å². The van der Waals surface area contributed by atoms with Crippen LogP contribution in [0.15, 0.2) is 59.9 Å². The fourth-order valence-electron chi connectivity index (χ4n) is 4.03. The zero-order valence-corrected chi connectivity index (χ0v) is 19.8. The van der Waals surface area contributed by atoms with E-state index in [2.05, 4.69) is 4.98 Å². The normalized spacial score (nSPS) is 15.6. The van der Waals surface area contributed by atoms with Gasteiger partial charge in [-0.15, -0.1) is 11.3 Å². The number of nitrogens with zero attached hydrogens (tertiary/aromatic N) is 2. The van der Waals surface area contributed by atoms with E-state index < -0.39 is 29.5 Å². The van der Waals surface area contributed by atoms with Crippen LogP contribution in [0.5, 0.6) is 5.75 Å². The lowest BCUT2D eigenvalue weighted by Crippen LogP contribution is -2.31. The molecule has 0 fully saturated rings. The number of aliphatic hydroxyl groups is 1. The summed E-state index contributed by atoms with van der Waals surface area (Å²) in [5.74, 6) is -1.91. The number of amides is 1. The lowest BCUT2D eigenvalue weighted by atomic mass is 9.94. The molecule has 1 unspecified atom stereocenters. The topological polar surface area (TPSA) is 106 Å². The van der Waals surface area contributed by atoms with Crippen LogP contribution in [0.1, 0.15) is 42.3 Å². The molecule has 1 aliphatic heterocycles. The molecule has 0 saturated carbocycles. The molecule has 4 rings (SSSR count). The van der Waals surface area contributed by atoms with Gasteiger partial charge in [-0.1, -0.05) is 18.2 Å². The maximum absolute atomic E-state index is 13.7. The van der Waals surface area contributed by atoms with E-state index in [1.165, 1.54) is 42.6 Å². The first-order valence-electron chi connectivity index (χ1n) is 10.3. The first-order valence-corrected chi connectivity index (χ1v) is 11.2. The number of benzene rings is 2. The number of hydrogen-bond donors (Lipinski definition) is 1. The van der Waals surface area contributed by atoms with Crippen LogP contribution in [-0.4, -0.2) is 42.0 Å². The highest BCUT2D eigenvalue weighted by atomic mass is 32.1. The molecule has 0 spiro atoms. The molecule has 34 heavy (non-hydrogen) atoms. The van der Waals surface area contributed by atoms with Crippen LogP contribution in [0.3, 0.4) is 0 Å². The number of ether oxygens (including phenoxy) is 2. The number of aliphatic hydroxyl groups excluding tert-OH is 1. The Morgan fingerprint density at radius 2 is 1.74 bits per heavy atom. The second-order valence-electron chi connectivity index (χ2n) is 7.60. The number of Topliss-reactive ketones (excluding diaryl/α,β-unsaturated/α-hetero) is 1. The van der Waals surface area contributed by atoms with Crippen molar-refractivity contribution < 1.29 is 29.0 Å². The third kappa shape index (κ3) is 3.84. The Hall–Kier alpha value is -3.98. The van der Waals surface area contributed by atoms with Gasteiger partial charge in [-0.3, -0.25) is 14.5 Å². The highest BCUT2D eigenvalue weighted by molar-refractivity contribution is 7.14. The van der Waals surface area contributed by atoms with Crippen molar-refractivity contribution in [1.29, 1.82) is 0 Å². The molecule has 0 saturated heterocycles. The summed E-state index contributed by atoms with van der Waals surface area (Å²) < 4.78 is 10.3. The first kappa shape index (κ1) is 23.2. The monoisotopic (exact) mass is 478 g/mol. The molecule has 8 nitrogen and oxygen atoms in total.